The van der Waals surface area contributed by atoms with Crippen LogP contribution in [0, 0.1) is 5.92 Å². The first kappa shape index (κ1) is 12.4. The fourth-order valence-electron chi connectivity index (χ4n) is 1.27. The average Bonchev–Trinajstić information content (AvgIpc) is 2.24. The minimum absolute atomic E-state index is 0.0151. The first-order valence-corrected chi connectivity index (χ1v) is 5.40. The zero-order valence-electron chi connectivity index (χ0n) is 9.60. The highest BCUT2D eigenvalue weighted by Crippen LogP contribution is 2.05. The zero-order valence-corrected chi connectivity index (χ0v) is 9.60. The fraction of sp³-hybridized carbons (Fsp3) is 0.545. The van der Waals surface area contributed by atoms with Gasteiger partial charge in [-0.3, -0.25) is 0 Å². The van der Waals surface area contributed by atoms with Gasteiger partial charge >= 0.3 is 5.97 Å². The Balaban J connectivity index is 2.42. The number of anilines is 1. The highest BCUT2D eigenvalue weighted by Gasteiger charge is 2.05. The van der Waals surface area contributed by atoms with E-state index in [0.717, 1.165) is 19.4 Å². The predicted molar refractivity (Wildman–Crippen MR) is 61.6 cm³/mol. The molecule has 88 valence electrons. The third-order valence-corrected chi connectivity index (χ3v) is 2.12. The third-order valence-electron chi connectivity index (χ3n) is 2.12. The number of carbonyl (C=O) groups is 1. The molecule has 2 N–H and O–H groups in total. The Morgan fingerprint density at radius 2 is 2.31 bits per heavy atom. The molecule has 0 aromatic carbocycles. The number of carboxylic acid groups (broad SMARTS) is 1. The molecule has 0 saturated carbocycles. The van der Waals surface area contributed by atoms with Crippen LogP contribution < -0.4 is 5.32 Å². The number of nitrogens with zero attached hydrogens (tertiary/aromatic N) is 2. The lowest BCUT2D eigenvalue weighted by molar-refractivity contribution is 0.0690. The van der Waals surface area contributed by atoms with Gasteiger partial charge in [0, 0.05) is 12.7 Å². The summed E-state index contributed by atoms with van der Waals surface area (Å²) < 4.78 is 0. The van der Waals surface area contributed by atoms with Crippen molar-refractivity contribution >= 4 is 11.9 Å². The van der Waals surface area contributed by atoms with Crippen molar-refractivity contribution in [3.05, 3.63) is 18.0 Å². The lowest BCUT2D eigenvalue weighted by atomic mass is 10.1. The van der Waals surface area contributed by atoms with Crippen LogP contribution in [0.2, 0.25) is 0 Å². The molecule has 1 aromatic rings. The highest BCUT2D eigenvalue weighted by atomic mass is 16.4. The van der Waals surface area contributed by atoms with Gasteiger partial charge in [0.25, 0.3) is 0 Å². The maximum Gasteiger partial charge on any atom is 0.354 e. The van der Waals surface area contributed by atoms with Gasteiger partial charge in [-0.05, 0) is 24.8 Å². The SMILES string of the molecule is CC(C)CCCNc1nccc(C(=O)O)n1. The van der Waals surface area contributed by atoms with Crippen LogP contribution in [0.3, 0.4) is 0 Å². The van der Waals surface area contributed by atoms with Crippen molar-refractivity contribution in [2.45, 2.75) is 26.7 Å². The molecule has 0 unspecified atom stereocenters. The monoisotopic (exact) mass is 223 g/mol. The van der Waals surface area contributed by atoms with Crippen molar-refractivity contribution < 1.29 is 9.90 Å². The topological polar surface area (TPSA) is 75.1 Å². The quantitative estimate of drug-likeness (QED) is 0.722. The number of aromatic carboxylic acids is 1. The first-order valence-electron chi connectivity index (χ1n) is 5.40. The molecule has 0 fully saturated rings. The Labute approximate surface area is 94.9 Å². The van der Waals surface area contributed by atoms with Gasteiger partial charge in [0.2, 0.25) is 5.95 Å². The summed E-state index contributed by atoms with van der Waals surface area (Å²) in [5.41, 5.74) is 0.0151. The summed E-state index contributed by atoms with van der Waals surface area (Å²) in [4.78, 5) is 18.5. The molecule has 16 heavy (non-hydrogen) atoms. The minimum Gasteiger partial charge on any atom is -0.477 e. The Morgan fingerprint density at radius 1 is 1.56 bits per heavy atom. The van der Waals surface area contributed by atoms with Crippen LogP contribution in [-0.4, -0.2) is 27.6 Å². The largest absolute Gasteiger partial charge is 0.477 e. The molecule has 1 aromatic heterocycles. The third kappa shape index (κ3) is 4.25. The van der Waals surface area contributed by atoms with Crippen molar-refractivity contribution in [3.63, 3.8) is 0 Å². The fourth-order valence-corrected chi connectivity index (χ4v) is 1.27. The molecular weight excluding hydrogens is 206 g/mol. The van der Waals surface area contributed by atoms with Crippen molar-refractivity contribution in [1.29, 1.82) is 0 Å². The van der Waals surface area contributed by atoms with E-state index in [4.69, 9.17) is 5.11 Å². The predicted octanol–water partition coefficient (Wildman–Crippen LogP) is 2.02. The second-order valence-electron chi connectivity index (χ2n) is 4.03. The van der Waals surface area contributed by atoms with Crippen LogP contribution in [0.25, 0.3) is 0 Å². The summed E-state index contributed by atoms with van der Waals surface area (Å²) in [6.45, 7) is 5.10. The number of aromatic nitrogens is 2. The number of hydrogen-bond acceptors (Lipinski definition) is 4. The van der Waals surface area contributed by atoms with Crippen molar-refractivity contribution in [3.8, 4) is 0 Å². The molecule has 0 aliphatic carbocycles. The molecule has 1 heterocycles. The van der Waals surface area contributed by atoms with E-state index in [9.17, 15) is 4.79 Å². The zero-order chi connectivity index (χ0) is 12.0. The molecule has 5 heteroatoms. The molecule has 0 amide bonds. The lowest BCUT2D eigenvalue weighted by Gasteiger charge is -2.06. The average molecular weight is 223 g/mol. The summed E-state index contributed by atoms with van der Waals surface area (Å²) in [5.74, 6) is 0.0179. The highest BCUT2D eigenvalue weighted by molar-refractivity contribution is 5.85. The maximum absolute atomic E-state index is 10.7. The maximum atomic E-state index is 10.7. The Morgan fingerprint density at radius 3 is 2.94 bits per heavy atom. The number of rotatable bonds is 6. The van der Waals surface area contributed by atoms with E-state index in [1.165, 1.54) is 12.3 Å². The van der Waals surface area contributed by atoms with E-state index in [2.05, 4.69) is 29.1 Å². The second-order valence-corrected chi connectivity index (χ2v) is 4.03. The molecule has 0 radical (unpaired) electrons. The van der Waals surface area contributed by atoms with Gasteiger partial charge in [0.05, 0.1) is 0 Å². The first-order chi connectivity index (χ1) is 7.59. The summed E-state index contributed by atoms with van der Waals surface area (Å²) in [6.07, 6.45) is 3.60. The number of carboxylic acids is 1. The molecule has 0 spiro atoms. The Hall–Kier alpha value is -1.65. The van der Waals surface area contributed by atoms with Gasteiger partial charge in [-0.15, -0.1) is 0 Å². The van der Waals surface area contributed by atoms with E-state index in [0.29, 0.717) is 11.9 Å². The molecule has 0 saturated heterocycles. The van der Waals surface area contributed by atoms with E-state index >= 15 is 0 Å². The van der Waals surface area contributed by atoms with E-state index < -0.39 is 5.97 Å². The standard InChI is InChI=1S/C11H17N3O2/c1-8(2)4-3-6-12-11-13-7-5-9(14-11)10(15)16/h5,7-8H,3-4,6H2,1-2H3,(H,15,16)(H,12,13,14). The van der Waals surface area contributed by atoms with E-state index in [-0.39, 0.29) is 5.69 Å². The molecule has 0 atom stereocenters. The van der Waals surface area contributed by atoms with Gasteiger partial charge in [0.1, 0.15) is 0 Å². The minimum atomic E-state index is -1.03. The molecule has 0 aliphatic heterocycles. The Bertz CT molecular complexity index is 353. The van der Waals surface area contributed by atoms with Gasteiger partial charge < -0.3 is 10.4 Å². The molecule has 1 rings (SSSR count). The molecular formula is C11H17N3O2. The van der Waals surface area contributed by atoms with Crippen LogP contribution in [0.4, 0.5) is 5.95 Å². The van der Waals surface area contributed by atoms with Gasteiger partial charge in [-0.2, -0.15) is 0 Å². The van der Waals surface area contributed by atoms with Gasteiger partial charge in [-0.1, -0.05) is 13.8 Å². The molecule has 0 aliphatic rings. The van der Waals surface area contributed by atoms with E-state index in [1.54, 1.807) is 0 Å². The van der Waals surface area contributed by atoms with Crippen LogP contribution in [0.5, 0.6) is 0 Å². The van der Waals surface area contributed by atoms with Gasteiger partial charge in [0.15, 0.2) is 5.69 Å². The smallest absolute Gasteiger partial charge is 0.354 e. The number of nitrogens with one attached hydrogen (secondary N) is 1. The normalized spacial score (nSPS) is 10.4. The summed E-state index contributed by atoms with van der Waals surface area (Å²) >= 11 is 0. The van der Waals surface area contributed by atoms with Crippen molar-refractivity contribution in [2.75, 3.05) is 11.9 Å². The van der Waals surface area contributed by atoms with Gasteiger partial charge in [-0.25, -0.2) is 14.8 Å². The Kier molecular flexibility index (Phi) is 4.69. The van der Waals surface area contributed by atoms with E-state index in [1.807, 2.05) is 0 Å². The van der Waals surface area contributed by atoms with Crippen molar-refractivity contribution in [2.24, 2.45) is 5.92 Å². The van der Waals surface area contributed by atoms with Crippen molar-refractivity contribution in [1.82, 2.24) is 9.97 Å². The molecule has 0 bridgehead atoms. The lowest BCUT2D eigenvalue weighted by Crippen LogP contribution is -2.09. The van der Waals surface area contributed by atoms with Crippen LogP contribution in [-0.2, 0) is 0 Å². The summed E-state index contributed by atoms with van der Waals surface area (Å²) in [7, 11) is 0. The summed E-state index contributed by atoms with van der Waals surface area (Å²) in [5, 5.41) is 11.7. The van der Waals surface area contributed by atoms with Crippen LogP contribution in [0.15, 0.2) is 12.3 Å². The molecule has 5 nitrogen and oxygen atoms in total. The summed E-state index contributed by atoms with van der Waals surface area (Å²) in [6, 6.07) is 1.38. The number of hydrogen-bond donors (Lipinski definition) is 2. The second kappa shape index (κ2) is 6.05. The van der Waals surface area contributed by atoms with Crippen LogP contribution in [0.1, 0.15) is 37.2 Å². The van der Waals surface area contributed by atoms with Crippen LogP contribution >= 0.6 is 0 Å².